The highest BCUT2D eigenvalue weighted by Gasteiger charge is 2.12. The van der Waals surface area contributed by atoms with Crippen molar-refractivity contribution in [2.24, 2.45) is 0 Å². The van der Waals surface area contributed by atoms with E-state index in [1.807, 2.05) is 18.2 Å². The van der Waals surface area contributed by atoms with E-state index >= 15 is 0 Å². The van der Waals surface area contributed by atoms with Crippen LogP contribution in [0.4, 0.5) is 0 Å². The van der Waals surface area contributed by atoms with Crippen molar-refractivity contribution in [3.63, 3.8) is 0 Å². The molecule has 20 heavy (non-hydrogen) atoms. The van der Waals surface area contributed by atoms with E-state index in [2.05, 4.69) is 4.98 Å². The zero-order valence-corrected chi connectivity index (χ0v) is 11.9. The van der Waals surface area contributed by atoms with Crippen LogP contribution < -0.4 is 5.56 Å². The first kappa shape index (κ1) is 13.1. The molecule has 0 aliphatic carbocycles. The largest absolute Gasteiger partial charge is 0.322 e. The fourth-order valence-corrected chi connectivity index (χ4v) is 3.43. The molecule has 3 rings (SSSR count). The number of nitrogens with one attached hydrogen (secondary N) is 1. The number of aromatic amines is 1. The van der Waals surface area contributed by atoms with Crippen molar-refractivity contribution in [3.05, 3.63) is 70.0 Å². The highest BCUT2D eigenvalue weighted by molar-refractivity contribution is 7.85. The van der Waals surface area contributed by atoms with Gasteiger partial charge in [-0.15, -0.1) is 0 Å². The minimum absolute atomic E-state index is 0.279. The summed E-state index contributed by atoms with van der Waals surface area (Å²) in [7, 11) is -1.42. The molecule has 1 N–H and O–H groups in total. The summed E-state index contributed by atoms with van der Waals surface area (Å²) < 4.78 is 12.6. The van der Waals surface area contributed by atoms with Gasteiger partial charge in [0.15, 0.2) is 0 Å². The van der Waals surface area contributed by atoms with Crippen molar-refractivity contribution in [2.45, 2.75) is 9.79 Å². The Hall–Kier alpha value is -1.91. The van der Waals surface area contributed by atoms with Gasteiger partial charge in [-0.3, -0.25) is 4.79 Å². The van der Waals surface area contributed by atoms with E-state index in [1.165, 1.54) is 6.07 Å². The molecule has 0 bridgehead atoms. The van der Waals surface area contributed by atoms with Crippen LogP contribution in [-0.2, 0) is 10.8 Å². The number of halogens is 1. The first-order valence-electron chi connectivity index (χ1n) is 5.94. The zero-order valence-electron chi connectivity index (χ0n) is 10.3. The van der Waals surface area contributed by atoms with Crippen LogP contribution >= 0.6 is 11.6 Å². The van der Waals surface area contributed by atoms with Crippen LogP contribution in [0.5, 0.6) is 0 Å². The third-order valence-corrected chi connectivity index (χ3v) is 4.60. The minimum Gasteiger partial charge on any atom is -0.322 e. The third-order valence-electron chi connectivity index (χ3n) is 2.92. The van der Waals surface area contributed by atoms with Crippen molar-refractivity contribution in [1.82, 2.24) is 4.98 Å². The molecule has 3 aromatic rings. The lowest BCUT2D eigenvalue weighted by Crippen LogP contribution is -2.07. The summed E-state index contributed by atoms with van der Waals surface area (Å²) in [5.74, 6) is 0. The molecule has 0 radical (unpaired) electrons. The number of hydrogen-bond donors (Lipinski definition) is 1. The molecule has 1 aromatic heterocycles. The van der Waals surface area contributed by atoms with Crippen LogP contribution in [0.1, 0.15) is 0 Å². The van der Waals surface area contributed by atoms with Gasteiger partial charge in [-0.2, -0.15) is 0 Å². The van der Waals surface area contributed by atoms with E-state index in [0.717, 1.165) is 0 Å². The standard InChI is InChI=1S/C15H10ClNO2S/c16-10-6-7-13-12(8-10)14(9-15(18)17-13)20(19)11-4-2-1-3-5-11/h1-9H,(H,17,18). The summed E-state index contributed by atoms with van der Waals surface area (Å²) in [6, 6.07) is 15.5. The maximum absolute atomic E-state index is 12.6. The Bertz CT molecular complexity index is 859. The number of benzene rings is 2. The zero-order chi connectivity index (χ0) is 14.1. The summed E-state index contributed by atoms with van der Waals surface area (Å²) >= 11 is 5.99. The van der Waals surface area contributed by atoms with E-state index < -0.39 is 10.8 Å². The van der Waals surface area contributed by atoms with Gasteiger partial charge in [0.1, 0.15) is 0 Å². The number of aromatic nitrogens is 1. The van der Waals surface area contributed by atoms with Crippen molar-refractivity contribution in [3.8, 4) is 0 Å². The van der Waals surface area contributed by atoms with Gasteiger partial charge in [0.05, 0.1) is 15.7 Å². The predicted molar refractivity (Wildman–Crippen MR) is 80.7 cm³/mol. The van der Waals surface area contributed by atoms with Gasteiger partial charge in [0.25, 0.3) is 0 Å². The number of fused-ring (bicyclic) bond motifs is 1. The second-order valence-electron chi connectivity index (χ2n) is 4.27. The molecule has 0 saturated heterocycles. The van der Waals surface area contributed by atoms with E-state index in [0.29, 0.717) is 25.7 Å². The first-order chi connectivity index (χ1) is 9.65. The highest BCUT2D eigenvalue weighted by atomic mass is 35.5. The Kier molecular flexibility index (Phi) is 3.42. The SMILES string of the molecule is O=c1cc(S(=O)c2ccccc2)c2cc(Cl)ccc2[nH]1. The fraction of sp³-hybridized carbons (Fsp3) is 0. The lowest BCUT2D eigenvalue weighted by molar-refractivity contribution is 0.683. The Balaban J connectivity index is 2.28. The second-order valence-corrected chi connectivity index (χ2v) is 6.15. The molecule has 2 aromatic carbocycles. The Morgan fingerprint density at radius 1 is 1.00 bits per heavy atom. The Morgan fingerprint density at radius 3 is 2.50 bits per heavy atom. The molecule has 0 amide bonds. The molecular weight excluding hydrogens is 294 g/mol. The second kappa shape index (κ2) is 5.23. The van der Waals surface area contributed by atoms with E-state index in [4.69, 9.17) is 11.6 Å². The van der Waals surface area contributed by atoms with Gasteiger partial charge in [-0.05, 0) is 30.3 Å². The summed E-state index contributed by atoms with van der Waals surface area (Å²) in [5.41, 5.74) is 0.347. The summed E-state index contributed by atoms with van der Waals surface area (Å²) in [5, 5.41) is 1.23. The number of H-pyrrole nitrogens is 1. The van der Waals surface area contributed by atoms with Crippen LogP contribution in [0.3, 0.4) is 0 Å². The molecule has 0 fully saturated rings. The lowest BCUT2D eigenvalue weighted by atomic mass is 10.2. The molecule has 0 spiro atoms. The van der Waals surface area contributed by atoms with Gasteiger partial charge in [-0.1, -0.05) is 29.8 Å². The van der Waals surface area contributed by atoms with Gasteiger partial charge < -0.3 is 4.98 Å². The quantitative estimate of drug-likeness (QED) is 0.789. The van der Waals surface area contributed by atoms with Crippen molar-refractivity contribution < 1.29 is 4.21 Å². The molecule has 1 unspecified atom stereocenters. The number of hydrogen-bond acceptors (Lipinski definition) is 2. The van der Waals surface area contributed by atoms with Crippen molar-refractivity contribution in [1.29, 1.82) is 0 Å². The van der Waals surface area contributed by atoms with Gasteiger partial charge in [0, 0.05) is 26.9 Å². The number of rotatable bonds is 2. The maximum atomic E-state index is 12.6. The van der Waals surface area contributed by atoms with Gasteiger partial charge >= 0.3 is 0 Å². The topological polar surface area (TPSA) is 49.9 Å². The minimum atomic E-state index is -1.42. The molecule has 1 atom stereocenters. The monoisotopic (exact) mass is 303 g/mol. The molecule has 0 aliphatic heterocycles. The highest BCUT2D eigenvalue weighted by Crippen LogP contribution is 2.25. The van der Waals surface area contributed by atoms with Crippen molar-refractivity contribution in [2.75, 3.05) is 0 Å². The summed E-state index contributed by atoms with van der Waals surface area (Å²) in [6.45, 7) is 0. The maximum Gasteiger partial charge on any atom is 0.249 e. The van der Waals surface area contributed by atoms with Crippen LogP contribution in [0.2, 0.25) is 5.02 Å². The van der Waals surface area contributed by atoms with E-state index in [-0.39, 0.29) is 5.56 Å². The van der Waals surface area contributed by atoms with Gasteiger partial charge in [-0.25, -0.2) is 4.21 Å². The molecule has 3 nitrogen and oxygen atoms in total. The predicted octanol–water partition coefficient (Wildman–Crippen LogP) is 3.35. The number of pyridine rings is 1. The first-order valence-corrected chi connectivity index (χ1v) is 7.47. The van der Waals surface area contributed by atoms with Gasteiger partial charge in [0.2, 0.25) is 5.56 Å². The summed E-state index contributed by atoms with van der Waals surface area (Å²) in [6.07, 6.45) is 0. The molecule has 1 heterocycles. The molecule has 100 valence electrons. The molecular formula is C15H10ClNO2S. The van der Waals surface area contributed by atoms with Crippen LogP contribution in [0.25, 0.3) is 10.9 Å². The lowest BCUT2D eigenvalue weighted by Gasteiger charge is -2.06. The van der Waals surface area contributed by atoms with Crippen LogP contribution in [0, 0.1) is 0 Å². The smallest absolute Gasteiger partial charge is 0.249 e. The average Bonchev–Trinajstić information content (AvgIpc) is 2.47. The van der Waals surface area contributed by atoms with Crippen LogP contribution in [-0.4, -0.2) is 9.19 Å². The van der Waals surface area contributed by atoms with E-state index in [1.54, 1.807) is 30.3 Å². The third kappa shape index (κ3) is 2.40. The van der Waals surface area contributed by atoms with E-state index in [9.17, 15) is 9.00 Å². The fourth-order valence-electron chi connectivity index (χ4n) is 2.02. The van der Waals surface area contributed by atoms with Crippen LogP contribution in [0.15, 0.2) is 69.2 Å². The Morgan fingerprint density at radius 2 is 1.75 bits per heavy atom. The average molecular weight is 304 g/mol. The molecule has 5 heteroatoms. The van der Waals surface area contributed by atoms with Crippen molar-refractivity contribution >= 4 is 33.3 Å². The molecule has 0 aliphatic rings. The Labute approximate surface area is 122 Å². The normalized spacial score (nSPS) is 12.4. The molecule has 0 saturated carbocycles. The summed E-state index contributed by atoms with van der Waals surface area (Å²) in [4.78, 5) is 15.5.